The van der Waals surface area contributed by atoms with E-state index in [9.17, 15) is 0 Å². The number of hydrogen-bond acceptors (Lipinski definition) is 7. The zero-order chi connectivity index (χ0) is 11.2. The molecule has 2 aromatic rings. The minimum absolute atomic E-state index is 0.428. The van der Waals surface area contributed by atoms with Crippen LogP contribution in [0.2, 0.25) is 0 Å². The molecular formula is C8H12N6O2. The molecule has 2 heterocycles. The van der Waals surface area contributed by atoms with Crippen LogP contribution in [0.3, 0.4) is 0 Å². The van der Waals surface area contributed by atoms with E-state index in [0.29, 0.717) is 30.6 Å². The maximum absolute atomic E-state index is 5.02. The molecule has 2 aromatic heterocycles. The first kappa shape index (κ1) is 10.7. The van der Waals surface area contributed by atoms with Crippen LogP contribution >= 0.6 is 0 Å². The van der Waals surface area contributed by atoms with E-state index < -0.39 is 0 Å². The minimum Gasteiger partial charge on any atom is -0.383 e. The Labute approximate surface area is 91.4 Å². The SMILES string of the molecule is COCCNCc1nc(-c2cn[nH]n2)no1. The average molecular weight is 224 g/mol. The summed E-state index contributed by atoms with van der Waals surface area (Å²) in [6, 6.07) is 0. The highest BCUT2D eigenvalue weighted by molar-refractivity contribution is 5.44. The van der Waals surface area contributed by atoms with Gasteiger partial charge in [0.15, 0.2) is 5.69 Å². The van der Waals surface area contributed by atoms with Gasteiger partial charge in [0.1, 0.15) is 0 Å². The van der Waals surface area contributed by atoms with E-state index in [0.717, 1.165) is 6.54 Å². The van der Waals surface area contributed by atoms with Crippen molar-refractivity contribution < 1.29 is 9.26 Å². The molecule has 0 aromatic carbocycles. The summed E-state index contributed by atoms with van der Waals surface area (Å²) in [6.07, 6.45) is 1.53. The molecule has 0 bridgehead atoms. The standard InChI is InChI=1S/C8H12N6O2/c1-15-3-2-9-5-7-11-8(13-16-7)6-4-10-14-12-6/h4,9H,2-3,5H2,1H3,(H,10,12,14). The topological polar surface area (TPSA) is 102 Å². The van der Waals surface area contributed by atoms with Gasteiger partial charge < -0.3 is 14.6 Å². The molecule has 2 rings (SSSR count). The summed E-state index contributed by atoms with van der Waals surface area (Å²) in [7, 11) is 1.65. The van der Waals surface area contributed by atoms with Crippen LogP contribution < -0.4 is 5.32 Å². The molecule has 0 saturated carbocycles. The lowest BCUT2D eigenvalue weighted by atomic mass is 10.4. The van der Waals surface area contributed by atoms with Crippen molar-refractivity contribution in [3.05, 3.63) is 12.1 Å². The fourth-order valence-electron chi connectivity index (χ4n) is 1.11. The Bertz CT molecular complexity index is 412. The quantitative estimate of drug-likeness (QED) is 0.643. The van der Waals surface area contributed by atoms with Crippen molar-refractivity contribution in [2.75, 3.05) is 20.3 Å². The van der Waals surface area contributed by atoms with Crippen LogP contribution in [0, 0.1) is 0 Å². The number of H-pyrrole nitrogens is 1. The van der Waals surface area contributed by atoms with Crippen molar-refractivity contribution in [2.24, 2.45) is 0 Å². The number of ether oxygens (including phenoxy) is 1. The zero-order valence-corrected chi connectivity index (χ0v) is 8.80. The third-order valence-corrected chi connectivity index (χ3v) is 1.87. The van der Waals surface area contributed by atoms with E-state index in [1.807, 2.05) is 0 Å². The maximum Gasteiger partial charge on any atom is 0.240 e. The first-order valence-corrected chi connectivity index (χ1v) is 4.78. The van der Waals surface area contributed by atoms with Crippen molar-refractivity contribution in [3.63, 3.8) is 0 Å². The molecule has 16 heavy (non-hydrogen) atoms. The molecule has 8 heteroatoms. The molecule has 0 atom stereocenters. The Kier molecular flexibility index (Phi) is 3.57. The van der Waals surface area contributed by atoms with E-state index in [4.69, 9.17) is 9.26 Å². The molecule has 0 aliphatic rings. The van der Waals surface area contributed by atoms with Crippen LogP contribution in [0.4, 0.5) is 0 Å². The first-order valence-electron chi connectivity index (χ1n) is 4.78. The Balaban J connectivity index is 1.88. The number of hydrogen-bond donors (Lipinski definition) is 2. The van der Waals surface area contributed by atoms with E-state index in [1.165, 1.54) is 6.20 Å². The highest BCUT2D eigenvalue weighted by Gasteiger charge is 2.09. The van der Waals surface area contributed by atoms with Crippen molar-refractivity contribution >= 4 is 0 Å². The van der Waals surface area contributed by atoms with Gasteiger partial charge in [-0.15, -0.1) is 0 Å². The van der Waals surface area contributed by atoms with Crippen LogP contribution in [-0.2, 0) is 11.3 Å². The maximum atomic E-state index is 5.02. The Morgan fingerprint density at radius 2 is 2.50 bits per heavy atom. The number of aromatic amines is 1. The van der Waals surface area contributed by atoms with Gasteiger partial charge in [-0.1, -0.05) is 5.16 Å². The lowest BCUT2D eigenvalue weighted by molar-refractivity contribution is 0.197. The van der Waals surface area contributed by atoms with Gasteiger partial charge in [0.05, 0.1) is 19.3 Å². The van der Waals surface area contributed by atoms with E-state index >= 15 is 0 Å². The monoisotopic (exact) mass is 224 g/mol. The summed E-state index contributed by atoms with van der Waals surface area (Å²) in [5.74, 6) is 0.936. The van der Waals surface area contributed by atoms with Gasteiger partial charge >= 0.3 is 0 Å². The fraction of sp³-hybridized carbons (Fsp3) is 0.500. The Morgan fingerprint density at radius 3 is 3.25 bits per heavy atom. The third-order valence-electron chi connectivity index (χ3n) is 1.87. The second-order valence-electron chi connectivity index (χ2n) is 3.04. The molecule has 0 spiro atoms. The van der Waals surface area contributed by atoms with Gasteiger partial charge in [0, 0.05) is 13.7 Å². The number of aromatic nitrogens is 5. The summed E-state index contributed by atoms with van der Waals surface area (Å²) >= 11 is 0. The highest BCUT2D eigenvalue weighted by atomic mass is 16.5. The minimum atomic E-state index is 0.428. The van der Waals surface area contributed by atoms with Gasteiger partial charge in [0.25, 0.3) is 0 Å². The zero-order valence-electron chi connectivity index (χ0n) is 8.80. The van der Waals surface area contributed by atoms with Crippen molar-refractivity contribution in [1.82, 2.24) is 30.9 Å². The van der Waals surface area contributed by atoms with E-state index in [1.54, 1.807) is 7.11 Å². The molecule has 0 amide bonds. The molecule has 0 fully saturated rings. The van der Waals surface area contributed by atoms with Crippen LogP contribution in [0.1, 0.15) is 5.89 Å². The summed E-state index contributed by atoms with van der Waals surface area (Å²) < 4.78 is 9.91. The van der Waals surface area contributed by atoms with Crippen LogP contribution in [0.5, 0.6) is 0 Å². The lowest BCUT2D eigenvalue weighted by Crippen LogP contribution is -2.18. The molecule has 0 unspecified atom stereocenters. The van der Waals surface area contributed by atoms with Crippen LogP contribution in [0.15, 0.2) is 10.7 Å². The second-order valence-corrected chi connectivity index (χ2v) is 3.04. The molecule has 0 saturated heterocycles. The predicted octanol–water partition coefficient (Wildman–Crippen LogP) is -0.409. The smallest absolute Gasteiger partial charge is 0.240 e. The first-order chi connectivity index (χ1) is 7.90. The number of rotatable bonds is 6. The van der Waals surface area contributed by atoms with Crippen molar-refractivity contribution in [3.8, 4) is 11.5 Å². The third kappa shape index (κ3) is 2.61. The molecule has 0 radical (unpaired) electrons. The molecule has 8 nitrogen and oxygen atoms in total. The predicted molar refractivity (Wildman–Crippen MR) is 53.3 cm³/mol. The lowest BCUT2D eigenvalue weighted by Gasteiger charge is -1.98. The van der Waals surface area contributed by atoms with Gasteiger partial charge in [-0.05, 0) is 0 Å². The van der Waals surface area contributed by atoms with E-state index in [2.05, 4.69) is 30.9 Å². The summed E-state index contributed by atoms with van der Waals surface area (Å²) in [5.41, 5.74) is 0.562. The number of nitrogens with zero attached hydrogens (tertiary/aromatic N) is 4. The average Bonchev–Trinajstić information content (AvgIpc) is 2.94. The number of nitrogens with one attached hydrogen (secondary N) is 2. The highest BCUT2D eigenvalue weighted by Crippen LogP contribution is 2.09. The molecular weight excluding hydrogens is 212 g/mol. The van der Waals surface area contributed by atoms with Gasteiger partial charge in [-0.3, -0.25) is 0 Å². The van der Waals surface area contributed by atoms with E-state index in [-0.39, 0.29) is 0 Å². The van der Waals surface area contributed by atoms with Crippen LogP contribution in [-0.4, -0.2) is 45.8 Å². The largest absolute Gasteiger partial charge is 0.383 e. The molecule has 0 aliphatic heterocycles. The molecule has 86 valence electrons. The fourth-order valence-corrected chi connectivity index (χ4v) is 1.11. The number of methoxy groups -OCH3 is 1. The molecule has 0 aliphatic carbocycles. The van der Waals surface area contributed by atoms with Crippen LogP contribution in [0.25, 0.3) is 11.5 Å². The van der Waals surface area contributed by atoms with Crippen molar-refractivity contribution in [1.29, 1.82) is 0 Å². The molecule has 2 N–H and O–H groups in total. The summed E-state index contributed by atoms with van der Waals surface area (Å²) in [5, 5.41) is 16.9. The Morgan fingerprint density at radius 1 is 1.56 bits per heavy atom. The summed E-state index contributed by atoms with van der Waals surface area (Å²) in [6.45, 7) is 1.89. The van der Waals surface area contributed by atoms with Gasteiger partial charge in [-0.2, -0.15) is 20.4 Å². The normalized spacial score (nSPS) is 10.8. The van der Waals surface area contributed by atoms with Gasteiger partial charge in [-0.25, -0.2) is 0 Å². The van der Waals surface area contributed by atoms with Gasteiger partial charge in [0.2, 0.25) is 11.7 Å². The second kappa shape index (κ2) is 5.33. The Hall–Kier alpha value is -1.80. The van der Waals surface area contributed by atoms with Crippen molar-refractivity contribution in [2.45, 2.75) is 6.54 Å². The summed E-state index contributed by atoms with van der Waals surface area (Å²) in [4.78, 5) is 4.15.